The summed E-state index contributed by atoms with van der Waals surface area (Å²) in [6.45, 7) is 4.85. The van der Waals surface area contributed by atoms with E-state index in [9.17, 15) is 0 Å². The summed E-state index contributed by atoms with van der Waals surface area (Å²) in [5, 5.41) is 0. The Morgan fingerprint density at radius 2 is 2.28 bits per heavy atom. The van der Waals surface area contributed by atoms with Crippen LogP contribution in [0.5, 0.6) is 5.75 Å². The zero-order valence-electron chi connectivity index (χ0n) is 10.9. The standard InChI is InChI=1S/C14H19N3O/c1-3-9-8-11(9)17-10-6-5-7-12(18-4-2)13(10)16-14(17)15/h5-7,9,11H,3-4,8H2,1-2H3,(H2,15,16). The van der Waals surface area contributed by atoms with Crippen molar-refractivity contribution in [2.75, 3.05) is 12.3 Å². The fourth-order valence-corrected chi connectivity index (χ4v) is 2.72. The van der Waals surface area contributed by atoms with Gasteiger partial charge in [-0.15, -0.1) is 0 Å². The number of fused-ring (bicyclic) bond motifs is 1. The summed E-state index contributed by atoms with van der Waals surface area (Å²) in [4.78, 5) is 4.48. The van der Waals surface area contributed by atoms with E-state index < -0.39 is 0 Å². The monoisotopic (exact) mass is 245 g/mol. The number of hydrogen-bond donors (Lipinski definition) is 1. The average Bonchev–Trinajstić information content (AvgIpc) is 3.05. The van der Waals surface area contributed by atoms with Gasteiger partial charge in [-0.25, -0.2) is 4.98 Å². The summed E-state index contributed by atoms with van der Waals surface area (Å²) in [5.74, 6) is 2.19. The van der Waals surface area contributed by atoms with Crippen molar-refractivity contribution in [1.29, 1.82) is 0 Å². The SMILES string of the molecule is CCOc1cccc2c1nc(N)n2C1CC1CC. The molecular weight excluding hydrogens is 226 g/mol. The molecule has 1 aromatic carbocycles. The predicted octanol–water partition coefficient (Wildman–Crippen LogP) is 2.99. The Labute approximate surface area is 107 Å². The summed E-state index contributed by atoms with van der Waals surface area (Å²) in [6.07, 6.45) is 2.42. The first kappa shape index (κ1) is 11.4. The Kier molecular flexibility index (Phi) is 2.65. The molecule has 0 saturated heterocycles. The van der Waals surface area contributed by atoms with Gasteiger partial charge in [-0.3, -0.25) is 0 Å². The van der Waals surface area contributed by atoms with Gasteiger partial charge in [0.2, 0.25) is 5.95 Å². The van der Waals surface area contributed by atoms with Crippen LogP contribution in [0.25, 0.3) is 11.0 Å². The van der Waals surface area contributed by atoms with Crippen LogP contribution in [0.4, 0.5) is 5.95 Å². The van der Waals surface area contributed by atoms with Gasteiger partial charge in [-0.1, -0.05) is 19.4 Å². The van der Waals surface area contributed by atoms with Crippen LogP contribution in [-0.2, 0) is 0 Å². The molecule has 0 radical (unpaired) electrons. The van der Waals surface area contributed by atoms with Gasteiger partial charge in [0, 0.05) is 6.04 Å². The van der Waals surface area contributed by atoms with E-state index in [-0.39, 0.29) is 0 Å². The van der Waals surface area contributed by atoms with E-state index >= 15 is 0 Å². The molecule has 2 atom stereocenters. The maximum absolute atomic E-state index is 6.07. The molecule has 1 saturated carbocycles. The molecule has 1 aliphatic rings. The molecule has 1 aliphatic carbocycles. The summed E-state index contributed by atoms with van der Waals surface area (Å²) in [5.41, 5.74) is 8.06. The second-order valence-corrected chi connectivity index (χ2v) is 4.87. The lowest BCUT2D eigenvalue weighted by Gasteiger charge is -2.06. The van der Waals surface area contributed by atoms with Gasteiger partial charge >= 0.3 is 0 Å². The molecular formula is C14H19N3O. The van der Waals surface area contributed by atoms with Gasteiger partial charge < -0.3 is 15.0 Å². The van der Waals surface area contributed by atoms with Crippen molar-refractivity contribution in [3.63, 3.8) is 0 Å². The Hall–Kier alpha value is -1.71. The first-order valence-corrected chi connectivity index (χ1v) is 6.65. The minimum Gasteiger partial charge on any atom is -0.492 e. The molecule has 4 heteroatoms. The lowest BCUT2D eigenvalue weighted by atomic mass is 10.2. The summed E-state index contributed by atoms with van der Waals surface area (Å²) < 4.78 is 7.78. The molecule has 2 unspecified atom stereocenters. The molecule has 2 aromatic rings. The van der Waals surface area contributed by atoms with Crippen LogP contribution in [-0.4, -0.2) is 16.2 Å². The quantitative estimate of drug-likeness (QED) is 0.901. The first-order valence-electron chi connectivity index (χ1n) is 6.65. The van der Waals surface area contributed by atoms with Crippen molar-refractivity contribution in [2.45, 2.75) is 32.7 Å². The van der Waals surface area contributed by atoms with Crippen LogP contribution in [0.3, 0.4) is 0 Å². The second-order valence-electron chi connectivity index (χ2n) is 4.87. The number of hydrogen-bond acceptors (Lipinski definition) is 3. The highest BCUT2D eigenvalue weighted by Gasteiger charge is 2.39. The Morgan fingerprint density at radius 1 is 1.44 bits per heavy atom. The number of anilines is 1. The van der Waals surface area contributed by atoms with Crippen LogP contribution in [0.1, 0.15) is 32.7 Å². The maximum Gasteiger partial charge on any atom is 0.201 e. The zero-order valence-corrected chi connectivity index (χ0v) is 10.9. The van der Waals surface area contributed by atoms with E-state index in [1.165, 1.54) is 12.8 Å². The molecule has 96 valence electrons. The third-order valence-electron chi connectivity index (χ3n) is 3.75. The number of imidazole rings is 1. The Balaban J connectivity index is 2.10. The minimum atomic E-state index is 0.525. The molecule has 0 amide bonds. The van der Waals surface area contributed by atoms with Crippen molar-refractivity contribution in [3.8, 4) is 5.75 Å². The molecule has 0 bridgehead atoms. The lowest BCUT2D eigenvalue weighted by molar-refractivity contribution is 0.343. The Morgan fingerprint density at radius 3 is 2.94 bits per heavy atom. The number of ether oxygens (including phenoxy) is 1. The van der Waals surface area contributed by atoms with Gasteiger partial charge in [-0.05, 0) is 31.4 Å². The molecule has 2 N–H and O–H groups in total. The highest BCUT2D eigenvalue weighted by Crippen LogP contribution is 2.48. The summed E-state index contributed by atoms with van der Waals surface area (Å²) >= 11 is 0. The molecule has 1 aromatic heterocycles. The average molecular weight is 245 g/mol. The Bertz CT molecular complexity index is 576. The lowest BCUT2D eigenvalue weighted by Crippen LogP contribution is -2.02. The maximum atomic E-state index is 6.07. The van der Waals surface area contributed by atoms with E-state index in [0.717, 1.165) is 22.7 Å². The number of rotatable bonds is 4. The molecule has 1 fully saturated rings. The number of nitrogen functional groups attached to an aromatic ring is 1. The number of benzene rings is 1. The normalized spacial score (nSPS) is 22.3. The van der Waals surface area contributed by atoms with E-state index in [2.05, 4.69) is 22.5 Å². The van der Waals surface area contributed by atoms with Crippen molar-refractivity contribution in [1.82, 2.24) is 9.55 Å². The zero-order chi connectivity index (χ0) is 12.7. The van der Waals surface area contributed by atoms with Crippen LogP contribution < -0.4 is 10.5 Å². The largest absolute Gasteiger partial charge is 0.492 e. The molecule has 18 heavy (non-hydrogen) atoms. The van der Waals surface area contributed by atoms with Gasteiger partial charge in [0.1, 0.15) is 11.3 Å². The topological polar surface area (TPSA) is 53.1 Å². The molecule has 0 spiro atoms. The highest BCUT2D eigenvalue weighted by atomic mass is 16.5. The highest BCUT2D eigenvalue weighted by molar-refractivity contribution is 5.84. The fourth-order valence-electron chi connectivity index (χ4n) is 2.72. The van der Waals surface area contributed by atoms with Gasteiger partial charge in [-0.2, -0.15) is 0 Å². The molecule has 4 nitrogen and oxygen atoms in total. The molecule has 3 rings (SSSR count). The van der Waals surface area contributed by atoms with E-state index in [0.29, 0.717) is 18.6 Å². The van der Waals surface area contributed by atoms with Gasteiger partial charge in [0.05, 0.1) is 12.1 Å². The number of aromatic nitrogens is 2. The number of nitrogens with zero attached hydrogens (tertiary/aromatic N) is 2. The third-order valence-corrected chi connectivity index (χ3v) is 3.75. The van der Waals surface area contributed by atoms with Crippen molar-refractivity contribution in [2.24, 2.45) is 5.92 Å². The van der Waals surface area contributed by atoms with E-state index in [1.54, 1.807) is 0 Å². The third kappa shape index (κ3) is 1.64. The predicted molar refractivity (Wildman–Crippen MR) is 72.7 cm³/mol. The van der Waals surface area contributed by atoms with E-state index in [4.69, 9.17) is 10.5 Å². The van der Waals surface area contributed by atoms with Crippen molar-refractivity contribution < 1.29 is 4.74 Å². The van der Waals surface area contributed by atoms with Crippen molar-refractivity contribution >= 4 is 17.0 Å². The van der Waals surface area contributed by atoms with Crippen LogP contribution in [0.15, 0.2) is 18.2 Å². The fraction of sp³-hybridized carbons (Fsp3) is 0.500. The van der Waals surface area contributed by atoms with Gasteiger partial charge in [0.25, 0.3) is 0 Å². The number of nitrogens with two attached hydrogens (primary N) is 1. The summed E-state index contributed by atoms with van der Waals surface area (Å²) in [6, 6.07) is 6.56. The minimum absolute atomic E-state index is 0.525. The summed E-state index contributed by atoms with van der Waals surface area (Å²) in [7, 11) is 0. The van der Waals surface area contributed by atoms with Crippen LogP contribution >= 0.6 is 0 Å². The molecule has 0 aliphatic heterocycles. The van der Waals surface area contributed by atoms with Crippen molar-refractivity contribution in [3.05, 3.63) is 18.2 Å². The second kappa shape index (κ2) is 4.19. The van der Waals surface area contributed by atoms with Crippen LogP contribution in [0, 0.1) is 5.92 Å². The van der Waals surface area contributed by atoms with E-state index in [1.807, 2.05) is 19.1 Å². The smallest absolute Gasteiger partial charge is 0.201 e. The van der Waals surface area contributed by atoms with Crippen LogP contribution in [0.2, 0.25) is 0 Å². The van der Waals surface area contributed by atoms with Gasteiger partial charge in [0.15, 0.2) is 0 Å². The first-order chi connectivity index (χ1) is 8.76. The molecule has 1 heterocycles. The number of para-hydroxylation sites is 1.